The summed E-state index contributed by atoms with van der Waals surface area (Å²) >= 11 is 0. The molecule has 0 aliphatic carbocycles. The van der Waals surface area contributed by atoms with Gasteiger partial charge < -0.3 is 14.4 Å². The summed E-state index contributed by atoms with van der Waals surface area (Å²) in [7, 11) is 0. The van der Waals surface area contributed by atoms with E-state index in [1.807, 2.05) is 60.7 Å². The molecular formula is C41H43N2O2+. The first-order valence-corrected chi connectivity index (χ1v) is 15.9. The van der Waals surface area contributed by atoms with Gasteiger partial charge in [0.15, 0.2) is 12.3 Å². The Morgan fingerprint density at radius 2 is 1.22 bits per heavy atom. The number of para-hydroxylation sites is 4. The number of rotatable bonds is 11. The van der Waals surface area contributed by atoms with Gasteiger partial charge in [0.2, 0.25) is 5.69 Å². The van der Waals surface area contributed by atoms with Crippen LogP contribution in [-0.2, 0) is 10.8 Å². The molecule has 4 nitrogen and oxygen atoms in total. The zero-order valence-corrected chi connectivity index (χ0v) is 26.8. The average molecular weight is 596 g/mol. The normalized spacial score (nSPS) is 17.3. The minimum Gasteiger partial charge on any atom is -0.492 e. The van der Waals surface area contributed by atoms with Crippen molar-refractivity contribution in [2.45, 2.75) is 38.5 Å². The Balaban J connectivity index is 1.22. The first-order chi connectivity index (χ1) is 21.9. The van der Waals surface area contributed by atoms with Gasteiger partial charge in [0.25, 0.3) is 0 Å². The van der Waals surface area contributed by atoms with Crippen LogP contribution in [0.2, 0.25) is 0 Å². The fraction of sp³-hybridized carbons (Fsp3) is 0.244. The van der Waals surface area contributed by atoms with E-state index >= 15 is 0 Å². The lowest BCUT2D eigenvalue weighted by Crippen LogP contribution is -2.29. The van der Waals surface area contributed by atoms with Crippen LogP contribution in [0, 0.1) is 0 Å². The summed E-state index contributed by atoms with van der Waals surface area (Å²) in [5.41, 5.74) is 7.50. The predicted octanol–water partition coefficient (Wildman–Crippen LogP) is 9.01. The van der Waals surface area contributed by atoms with E-state index in [2.05, 4.69) is 116 Å². The van der Waals surface area contributed by atoms with Crippen molar-refractivity contribution < 1.29 is 14.0 Å². The summed E-state index contributed by atoms with van der Waals surface area (Å²) in [4.78, 5) is 2.41. The van der Waals surface area contributed by atoms with Gasteiger partial charge in [-0.2, -0.15) is 4.58 Å². The van der Waals surface area contributed by atoms with E-state index in [1.165, 1.54) is 33.9 Å². The molecule has 0 aromatic heterocycles. The summed E-state index contributed by atoms with van der Waals surface area (Å²) in [5.74, 6) is 1.80. The first kappa shape index (κ1) is 30.2. The van der Waals surface area contributed by atoms with Crippen molar-refractivity contribution in [1.82, 2.24) is 0 Å². The first-order valence-electron chi connectivity index (χ1n) is 15.9. The second-order valence-corrected chi connectivity index (χ2v) is 12.6. The predicted molar refractivity (Wildman–Crippen MR) is 186 cm³/mol. The van der Waals surface area contributed by atoms with E-state index in [9.17, 15) is 0 Å². The molecule has 4 aromatic carbocycles. The van der Waals surface area contributed by atoms with Crippen LogP contribution < -0.4 is 14.4 Å². The van der Waals surface area contributed by atoms with E-state index in [1.54, 1.807) is 0 Å². The Hall–Kier alpha value is -4.83. The molecule has 0 spiro atoms. The Kier molecular flexibility index (Phi) is 8.75. The van der Waals surface area contributed by atoms with Crippen LogP contribution in [0.15, 0.2) is 145 Å². The van der Waals surface area contributed by atoms with Crippen molar-refractivity contribution in [3.8, 4) is 11.5 Å². The molecule has 4 aromatic rings. The number of ether oxygens (including phenoxy) is 2. The van der Waals surface area contributed by atoms with Gasteiger partial charge in [-0.15, -0.1) is 0 Å². The standard InChI is InChI=1S/C41H43N2O2/c1-40(2)34-22-14-16-24-36(34)42(28-30-44-32-18-8-5-9-19-32)38(40)26-12-7-13-27-39-41(3,4)35-23-15-17-25-37(35)43(39)29-31-45-33-20-10-6-11-21-33/h5-27H,28-31H2,1-4H3/q+1. The van der Waals surface area contributed by atoms with Crippen molar-refractivity contribution in [3.63, 3.8) is 0 Å². The third kappa shape index (κ3) is 6.23. The van der Waals surface area contributed by atoms with Gasteiger partial charge in [-0.25, -0.2) is 0 Å². The zero-order chi connectivity index (χ0) is 31.3. The molecule has 2 aliphatic heterocycles. The topological polar surface area (TPSA) is 24.7 Å². The lowest BCUT2D eigenvalue weighted by atomic mass is 9.81. The van der Waals surface area contributed by atoms with E-state index in [-0.39, 0.29) is 10.8 Å². The van der Waals surface area contributed by atoms with Gasteiger partial charge in [-0.1, -0.05) is 105 Å². The van der Waals surface area contributed by atoms with Crippen LogP contribution in [-0.4, -0.2) is 36.6 Å². The molecular weight excluding hydrogens is 552 g/mol. The Morgan fingerprint density at radius 1 is 0.622 bits per heavy atom. The molecule has 0 fully saturated rings. The highest BCUT2D eigenvalue weighted by Gasteiger charge is 2.44. The Bertz CT molecular complexity index is 1750. The lowest BCUT2D eigenvalue weighted by molar-refractivity contribution is -0.439. The SMILES string of the molecule is CC1(C)C(/C=C/C=C/C=C2/N(CCOc3ccccc3)c3ccccc3C2(C)C)=[N+](CCOc2ccccc2)c2ccccc21. The van der Waals surface area contributed by atoms with E-state index in [0.717, 1.165) is 24.6 Å². The molecule has 0 N–H and O–H groups in total. The fourth-order valence-corrected chi connectivity index (χ4v) is 6.66. The number of hydrogen-bond donors (Lipinski definition) is 0. The summed E-state index contributed by atoms with van der Waals surface area (Å²) < 4.78 is 14.6. The monoisotopic (exact) mass is 595 g/mol. The van der Waals surface area contributed by atoms with Crippen molar-refractivity contribution in [1.29, 1.82) is 0 Å². The molecule has 6 rings (SSSR count). The second kappa shape index (κ2) is 13.0. The molecule has 2 heterocycles. The molecule has 0 saturated carbocycles. The summed E-state index contributed by atoms with van der Waals surface area (Å²) in [6, 6.07) is 37.5. The average Bonchev–Trinajstić information content (AvgIpc) is 3.41. The third-order valence-corrected chi connectivity index (χ3v) is 8.98. The van der Waals surface area contributed by atoms with Crippen molar-refractivity contribution >= 4 is 17.1 Å². The summed E-state index contributed by atoms with van der Waals surface area (Å²) in [6.45, 7) is 12.0. The number of allylic oxidation sites excluding steroid dienone is 6. The Labute approximate surface area is 268 Å². The maximum absolute atomic E-state index is 6.09. The largest absolute Gasteiger partial charge is 0.492 e. The van der Waals surface area contributed by atoms with E-state index < -0.39 is 0 Å². The van der Waals surface area contributed by atoms with Gasteiger partial charge in [0.1, 0.15) is 24.7 Å². The quantitative estimate of drug-likeness (QED) is 0.128. The molecule has 0 atom stereocenters. The minimum absolute atomic E-state index is 0.114. The van der Waals surface area contributed by atoms with Gasteiger partial charge >= 0.3 is 0 Å². The maximum Gasteiger partial charge on any atom is 0.209 e. The number of fused-ring (bicyclic) bond motifs is 2. The molecule has 0 saturated heterocycles. The molecule has 0 unspecified atom stereocenters. The van der Waals surface area contributed by atoms with Crippen LogP contribution in [0.25, 0.3) is 0 Å². The van der Waals surface area contributed by atoms with Crippen LogP contribution in [0.5, 0.6) is 11.5 Å². The van der Waals surface area contributed by atoms with Gasteiger partial charge in [-0.05, 0) is 55.8 Å². The second-order valence-electron chi connectivity index (χ2n) is 12.6. The van der Waals surface area contributed by atoms with Gasteiger partial charge in [0.05, 0.1) is 12.0 Å². The highest BCUT2D eigenvalue weighted by atomic mass is 16.5. The van der Waals surface area contributed by atoms with E-state index in [0.29, 0.717) is 13.2 Å². The van der Waals surface area contributed by atoms with Crippen LogP contribution in [0.3, 0.4) is 0 Å². The van der Waals surface area contributed by atoms with Gasteiger partial charge in [-0.3, -0.25) is 0 Å². The number of hydrogen-bond acceptors (Lipinski definition) is 3. The van der Waals surface area contributed by atoms with Crippen LogP contribution >= 0.6 is 0 Å². The van der Waals surface area contributed by atoms with Crippen LogP contribution in [0.4, 0.5) is 11.4 Å². The van der Waals surface area contributed by atoms with Gasteiger partial charge in [0, 0.05) is 34.5 Å². The lowest BCUT2D eigenvalue weighted by Gasteiger charge is -2.27. The van der Waals surface area contributed by atoms with Crippen molar-refractivity contribution in [3.05, 3.63) is 156 Å². The molecule has 4 heteroatoms. The number of benzene rings is 4. The van der Waals surface area contributed by atoms with Crippen LogP contribution in [0.1, 0.15) is 38.8 Å². The third-order valence-electron chi connectivity index (χ3n) is 8.98. The van der Waals surface area contributed by atoms with Crippen molar-refractivity contribution in [2.75, 3.05) is 31.2 Å². The number of nitrogens with zero attached hydrogens (tertiary/aromatic N) is 2. The molecule has 0 radical (unpaired) electrons. The minimum atomic E-state index is -0.114. The highest BCUT2D eigenvalue weighted by Crippen LogP contribution is 2.47. The summed E-state index contributed by atoms with van der Waals surface area (Å²) in [5, 5.41) is 0. The highest BCUT2D eigenvalue weighted by molar-refractivity contribution is 6.03. The molecule has 228 valence electrons. The summed E-state index contributed by atoms with van der Waals surface area (Å²) in [6.07, 6.45) is 11.0. The smallest absolute Gasteiger partial charge is 0.209 e. The fourth-order valence-electron chi connectivity index (χ4n) is 6.66. The Morgan fingerprint density at radius 3 is 1.93 bits per heavy atom. The molecule has 45 heavy (non-hydrogen) atoms. The molecule has 2 aliphatic rings. The number of anilines is 1. The zero-order valence-electron chi connectivity index (χ0n) is 26.8. The maximum atomic E-state index is 6.09. The van der Waals surface area contributed by atoms with Crippen molar-refractivity contribution in [2.24, 2.45) is 0 Å². The molecule has 0 amide bonds. The molecule has 0 bridgehead atoms. The van der Waals surface area contributed by atoms with E-state index in [4.69, 9.17) is 9.47 Å².